The lowest BCUT2D eigenvalue weighted by Crippen LogP contribution is -2.42. The summed E-state index contributed by atoms with van der Waals surface area (Å²) < 4.78 is 28.1. The van der Waals surface area contributed by atoms with Gasteiger partial charge in [-0.25, -0.2) is 14.4 Å². The van der Waals surface area contributed by atoms with E-state index < -0.39 is 5.82 Å². The number of pyridine rings is 1. The molecule has 3 aromatic heterocycles. The van der Waals surface area contributed by atoms with Crippen molar-refractivity contribution in [3.63, 3.8) is 0 Å². The molecule has 4 heterocycles. The van der Waals surface area contributed by atoms with E-state index in [1.165, 1.54) is 20.3 Å². The molecule has 0 bridgehead atoms. The number of carbonyl (C=O) groups excluding carboxylic acids is 1. The molecular formula is C26H28FN7O4. The maximum atomic E-state index is 15.7. The number of aryl methyl sites for hydroxylation is 1. The second-order valence-corrected chi connectivity index (χ2v) is 8.95. The Balaban J connectivity index is 1.62. The van der Waals surface area contributed by atoms with Crippen LogP contribution < -0.4 is 14.4 Å². The summed E-state index contributed by atoms with van der Waals surface area (Å²) in [6.45, 7) is 0.268. The Bertz CT molecular complexity index is 1480. The van der Waals surface area contributed by atoms with Crippen LogP contribution in [0.15, 0.2) is 42.9 Å². The molecule has 1 saturated heterocycles. The zero-order valence-corrected chi connectivity index (χ0v) is 21.3. The predicted octanol–water partition coefficient (Wildman–Crippen LogP) is 2.70. The molecule has 12 heteroatoms. The minimum absolute atomic E-state index is 0.0125. The van der Waals surface area contributed by atoms with E-state index in [0.717, 1.165) is 5.56 Å². The van der Waals surface area contributed by atoms with Gasteiger partial charge in [0.05, 0.1) is 50.6 Å². The molecule has 1 fully saturated rings. The average Bonchev–Trinajstić information content (AvgIpc) is 3.52. The number of fused-ring (bicyclic) bond motifs is 1. The first-order valence-corrected chi connectivity index (χ1v) is 12.1. The van der Waals surface area contributed by atoms with Crippen LogP contribution >= 0.6 is 0 Å². The van der Waals surface area contributed by atoms with Gasteiger partial charge < -0.3 is 24.4 Å². The molecule has 1 N–H and O–H groups in total. The monoisotopic (exact) mass is 521 g/mol. The number of β-amino-alcohol motifs (C(OH)–C–C–N with tert-alkyl or cyclic N) is 1. The third kappa shape index (κ3) is 4.82. The number of anilines is 2. The average molecular weight is 522 g/mol. The molecule has 0 spiro atoms. The van der Waals surface area contributed by atoms with Crippen LogP contribution in [0.2, 0.25) is 0 Å². The smallest absolute Gasteiger partial charge is 0.223 e. The van der Waals surface area contributed by atoms with Gasteiger partial charge >= 0.3 is 0 Å². The van der Waals surface area contributed by atoms with Crippen molar-refractivity contribution in [1.29, 1.82) is 0 Å². The summed E-state index contributed by atoms with van der Waals surface area (Å²) in [5, 5.41) is 13.7. The second-order valence-electron chi connectivity index (χ2n) is 8.95. The first kappa shape index (κ1) is 25.3. The summed E-state index contributed by atoms with van der Waals surface area (Å²) in [4.78, 5) is 29.7. The Hall–Kier alpha value is -4.32. The number of nitrogens with zero attached hydrogens (tertiary/aromatic N) is 7. The molecule has 1 unspecified atom stereocenters. The maximum Gasteiger partial charge on any atom is 0.223 e. The fourth-order valence-corrected chi connectivity index (χ4v) is 4.68. The number of benzene rings is 1. The van der Waals surface area contributed by atoms with Crippen LogP contribution in [0.5, 0.6) is 11.5 Å². The van der Waals surface area contributed by atoms with E-state index in [2.05, 4.69) is 15.1 Å². The SMILES string of the molecule is COc1cc(OC)c(F)c(N(CC2CCC(=O)N2CCO)c2ccc3ncc(-c4cnn(C)c4)nc3n2)c1. The molecule has 1 aromatic carbocycles. The Morgan fingerprint density at radius 2 is 2.03 bits per heavy atom. The van der Waals surface area contributed by atoms with Gasteiger partial charge in [0, 0.05) is 50.5 Å². The minimum Gasteiger partial charge on any atom is -0.497 e. The zero-order valence-electron chi connectivity index (χ0n) is 21.3. The molecule has 4 aromatic rings. The van der Waals surface area contributed by atoms with Crippen LogP contribution in [0.25, 0.3) is 22.4 Å². The van der Waals surface area contributed by atoms with E-state index in [1.807, 2.05) is 13.2 Å². The van der Waals surface area contributed by atoms with Gasteiger partial charge in [0.1, 0.15) is 17.1 Å². The van der Waals surface area contributed by atoms with Crippen molar-refractivity contribution in [2.45, 2.75) is 18.9 Å². The third-order valence-electron chi connectivity index (χ3n) is 6.60. The number of methoxy groups -OCH3 is 2. The summed E-state index contributed by atoms with van der Waals surface area (Å²) in [7, 11) is 4.69. The minimum atomic E-state index is -0.594. The number of likely N-dealkylation sites (tertiary alicyclic amines) is 1. The molecule has 0 aliphatic carbocycles. The predicted molar refractivity (Wildman–Crippen MR) is 138 cm³/mol. The largest absolute Gasteiger partial charge is 0.497 e. The fourth-order valence-electron chi connectivity index (χ4n) is 4.68. The number of carbonyl (C=O) groups is 1. The van der Waals surface area contributed by atoms with Gasteiger partial charge in [-0.1, -0.05) is 0 Å². The van der Waals surface area contributed by atoms with Crippen LogP contribution in [0.1, 0.15) is 12.8 Å². The van der Waals surface area contributed by atoms with Crippen molar-refractivity contribution in [1.82, 2.24) is 29.6 Å². The van der Waals surface area contributed by atoms with Crippen molar-refractivity contribution in [3.8, 4) is 22.8 Å². The van der Waals surface area contributed by atoms with Crippen LogP contribution in [0.3, 0.4) is 0 Å². The molecule has 1 aliphatic heterocycles. The Morgan fingerprint density at radius 1 is 1.18 bits per heavy atom. The highest BCUT2D eigenvalue weighted by atomic mass is 19.1. The highest BCUT2D eigenvalue weighted by Gasteiger charge is 2.33. The Morgan fingerprint density at radius 3 is 2.74 bits per heavy atom. The van der Waals surface area contributed by atoms with Crippen LogP contribution in [-0.4, -0.2) is 80.6 Å². The molecule has 38 heavy (non-hydrogen) atoms. The van der Waals surface area contributed by atoms with Crippen molar-refractivity contribution in [2.24, 2.45) is 7.05 Å². The summed E-state index contributed by atoms with van der Waals surface area (Å²) >= 11 is 0. The normalized spacial score (nSPS) is 15.3. The van der Waals surface area contributed by atoms with Gasteiger partial charge in [0.2, 0.25) is 5.91 Å². The van der Waals surface area contributed by atoms with Gasteiger partial charge in [0.15, 0.2) is 17.2 Å². The number of rotatable bonds is 9. The lowest BCUT2D eigenvalue weighted by molar-refractivity contribution is -0.129. The van der Waals surface area contributed by atoms with Crippen LogP contribution in [0, 0.1) is 5.82 Å². The Kier molecular flexibility index (Phi) is 7.05. The molecule has 11 nitrogen and oxygen atoms in total. The van der Waals surface area contributed by atoms with E-state index in [1.54, 1.807) is 45.1 Å². The summed E-state index contributed by atoms with van der Waals surface area (Å²) in [5.41, 5.74) is 2.51. The molecule has 1 amide bonds. The fraction of sp³-hybridized carbons (Fsp3) is 0.346. The molecule has 0 saturated carbocycles. The Labute approximate surface area is 218 Å². The van der Waals surface area contributed by atoms with E-state index in [0.29, 0.717) is 41.3 Å². The van der Waals surface area contributed by atoms with E-state index in [4.69, 9.17) is 14.5 Å². The van der Waals surface area contributed by atoms with Crippen molar-refractivity contribution < 1.29 is 23.8 Å². The highest BCUT2D eigenvalue weighted by molar-refractivity contribution is 5.80. The van der Waals surface area contributed by atoms with E-state index in [9.17, 15) is 9.90 Å². The topological polar surface area (TPSA) is 119 Å². The molecule has 0 radical (unpaired) electrons. The van der Waals surface area contributed by atoms with Crippen molar-refractivity contribution in [3.05, 3.63) is 48.7 Å². The number of hydrogen-bond acceptors (Lipinski definition) is 9. The molecule has 1 atom stereocenters. The summed E-state index contributed by atoms with van der Waals surface area (Å²) in [5.74, 6) is 0.179. The number of halogens is 1. The van der Waals surface area contributed by atoms with Crippen LogP contribution in [0.4, 0.5) is 15.9 Å². The number of ether oxygens (including phenoxy) is 2. The van der Waals surface area contributed by atoms with Crippen molar-refractivity contribution >= 4 is 28.6 Å². The molecular weight excluding hydrogens is 493 g/mol. The van der Waals surface area contributed by atoms with E-state index >= 15 is 4.39 Å². The summed E-state index contributed by atoms with van der Waals surface area (Å²) in [6.07, 6.45) is 6.10. The van der Waals surface area contributed by atoms with Crippen LogP contribution in [-0.2, 0) is 11.8 Å². The molecule has 1 aliphatic rings. The standard InChI is InChI=1S/C26H28FN7O4/c1-32-14-16(12-29-32)20-13-28-19-5-6-23(31-26(19)30-20)34(15-17-4-7-24(36)33(17)8-9-35)21-10-18(37-2)11-22(38-3)25(21)27/h5-6,10-14,17,35H,4,7-9,15H2,1-3H3. The third-order valence-corrected chi connectivity index (χ3v) is 6.60. The second kappa shape index (κ2) is 10.6. The van der Waals surface area contributed by atoms with Gasteiger partial charge in [-0.2, -0.15) is 5.10 Å². The summed E-state index contributed by atoms with van der Waals surface area (Å²) in [6, 6.07) is 6.27. The maximum absolute atomic E-state index is 15.7. The highest BCUT2D eigenvalue weighted by Crippen LogP contribution is 2.37. The van der Waals surface area contributed by atoms with Gasteiger partial charge in [-0.3, -0.25) is 14.5 Å². The first-order chi connectivity index (χ1) is 18.4. The molecule has 5 rings (SSSR count). The lowest BCUT2D eigenvalue weighted by atomic mass is 10.1. The zero-order chi connectivity index (χ0) is 26.8. The van der Waals surface area contributed by atoms with Gasteiger partial charge in [0.25, 0.3) is 0 Å². The quantitative estimate of drug-likeness (QED) is 0.355. The first-order valence-electron chi connectivity index (χ1n) is 12.1. The van der Waals surface area contributed by atoms with E-state index in [-0.39, 0.29) is 43.1 Å². The van der Waals surface area contributed by atoms with Gasteiger partial charge in [-0.15, -0.1) is 0 Å². The van der Waals surface area contributed by atoms with Crippen molar-refractivity contribution in [2.75, 3.05) is 38.8 Å². The number of hydrogen-bond donors (Lipinski definition) is 1. The number of aromatic nitrogens is 5. The van der Waals surface area contributed by atoms with Gasteiger partial charge in [-0.05, 0) is 18.6 Å². The number of aliphatic hydroxyl groups excluding tert-OH is 1. The number of amides is 1. The lowest BCUT2D eigenvalue weighted by Gasteiger charge is -2.32. The molecule has 198 valence electrons. The number of aliphatic hydroxyl groups is 1.